The second-order valence-electron chi connectivity index (χ2n) is 4.08. The first-order valence-corrected chi connectivity index (χ1v) is 7.47. The van der Waals surface area contributed by atoms with Gasteiger partial charge in [-0.3, -0.25) is 0 Å². The Hall–Kier alpha value is -1.72. The van der Waals surface area contributed by atoms with E-state index in [1.807, 2.05) is 6.07 Å². The molecule has 2 aromatic rings. The highest BCUT2D eigenvalue weighted by molar-refractivity contribution is 7.99. The van der Waals surface area contributed by atoms with Crippen LogP contribution in [0, 0.1) is 5.82 Å². The number of aromatic carboxylic acids is 1. The Kier molecular flexibility index (Phi) is 5.47. The number of rotatable bonds is 6. The van der Waals surface area contributed by atoms with Crippen molar-refractivity contribution in [1.82, 2.24) is 0 Å². The molecule has 0 saturated carbocycles. The van der Waals surface area contributed by atoms with E-state index >= 15 is 0 Å². The summed E-state index contributed by atoms with van der Waals surface area (Å²) in [5.41, 5.74) is 0.0610. The molecule has 6 heteroatoms. The van der Waals surface area contributed by atoms with Crippen LogP contribution in [0.2, 0.25) is 5.02 Å². The molecule has 3 nitrogen and oxygen atoms in total. The first-order chi connectivity index (χ1) is 10.1. The van der Waals surface area contributed by atoms with Crippen LogP contribution in [-0.4, -0.2) is 23.4 Å². The van der Waals surface area contributed by atoms with Crippen molar-refractivity contribution in [3.05, 3.63) is 58.9 Å². The van der Waals surface area contributed by atoms with Gasteiger partial charge in [-0.2, -0.15) is 0 Å². The topological polar surface area (TPSA) is 46.5 Å². The van der Waals surface area contributed by atoms with E-state index in [9.17, 15) is 9.18 Å². The van der Waals surface area contributed by atoms with Gasteiger partial charge in [0.05, 0.1) is 17.2 Å². The molecule has 0 spiro atoms. The molecule has 21 heavy (non-hydrogen) atoms. The van der Waals surface area contributed by atoms with E-state index in [1.165, 1.54) is 23.9 Å². The predicted molar refractivity (Wildman–Crippen MR) is 81.0 cm³/mol. The molecule has 0 aliphatic rings. The van der Waals surface area contributed by atoms with Crippen molar-refractivity contribution in [1.29, 1.82) is 0 Å². The van der Waals surface area contributed by atoms with Gasteiger partial charge in [0.25, 0.3) is 0 Å². The number of para-hydroxylation sites is 1. The molecule has 0 heterocycles. The molecule has 0 saturated heterocycles. The lowest BCUT2D eigenvalue weighted by molar-refractivity contribution is 0.0696. The summed E-state index contributed by atoms with van der Waals surface area (Å²) in [5, 5.41) is 9.40. The second kappa shape index (κ2) is 7.33. The van der Waals surface area contributed by atoms with Crippen LogP contribution in [0.4, 0.5) is 4.39 Å². The van der Waals surface area contributed by atoms with Crippen LogP contribution in [0.15, 0.2) is 47.4 Å². The summed E-state index contributed by atoms with van der Waals surface area (Å²) in [5.74, 6) is -0.475. The Labute approximate surface area is 130 Å². The minimum absolute atomic E-state index is 0.0610. The molecule has 0 aliphatic heterocycles. The standard InChI is InChI=1S/C15H12ClFO3S/c16-11-3-1-2-4-13(11)20-7-8-21-14-9-10(15(18)19)5-6-12(14)17/h1-6,9H,7-8H2,(H,18,19). The lowest BCUT2D eigenvalue weighted by Crippen LogP contribution is -2.02. The molecule has 2 rings (SSSR count). The van der Waals surface area contributed by atoms with Crippen LogP contribution >= 0.6 is 23.4 Å². The fourth-order valence-corrected chi connectivity index (χ4v) is 2.61. The summed E-state index contributed by atoms with van der Waals surface area (Å²) in [6, 6.07) is 10.8. The van der Waals surface area contributed by atoms with E-state index in [2.05, 4.69) is 0 Å². The number of carbonyl (C=O) groups is 1. The molecule has 1 N–H and O–H groups in total. The van der Waals surface area contributed by atoms with Crippen molar-refractivity contribution in [2.75, 3.05) is 12.4 Å². The summed E-state index contributed by atoms with van der Waals surface area (Å²) in [6.07, 6.45) is 0. The highest BCUT2D eigenvalue weighted by Gasteiger charge is 2.09. The van der Waals surface area contributed by atoms with E-state index in [-0.39, 0.29) is 10.5 Å². The van der Waals surface area contributed by atoms with Gasteiger partial charge < -0.3 is 9.84 Å². The second-order valence-corrected chi connectivity index (χ2v) is 5.62. The van der Waals surface area contributed by atoms with Gasteiger partial charge in [0, 0.05) is 10.6 Å². The summed E-state index contributed by atoms with van der Waals surface area (Å²) in [7, 11) is 0. The van der Waals surface area contributed by atoms with Crippen LogP contribution in [0.3, 0.4) is 0 Å². The van der Waals surface area contributed by atoms with Gasteiger partial charge in [-0.15, -0.1) is 11.8 Å². The molecule has 0 radical (unpaired) electrons. The van der Waals surface area contributed by atoms with Crippen LogP contribution < -0.4 is 4.74 Å². The summed E-state index contributed by atoms with van der Waals surface area (Å²) in [6.45, 7) is 0.338. The monoisotopic (exact) mass is 326 g/mol. The summed E-state index contributed by atoms with van der Waals surface area (Å²) in [4.78, 5) is 11.1. The Balaban J connectivity index is 1.90. The van der Waals surface area contributed by atoms with E-state index in [0.717, 1.165) is 6.07 Å². The van der Waals surface area contributed by atoms with Gasteiger partial charge in [-0.05, 0) is 30.3 Å². The fraction of sp³-hybridized carbons (Fsp3) is 0.133. The van der Waals surface area contributed by atoms with Gasteiger partial charge in [-0.1, -0.05) is 23.7 Å². The lowest BCUT2D eigenvalue weighted by atomic mass is 10.2. The van der Waals surface area contributed by atoms with Crippen molar-refractivity contribution in [3.8, 4) is 5.75 Å². The maximum atomic E-state index is 13.6. The van der Waals surface area contributed by atoms with E-state index in [1.54, 1.807) is 18.2 Å². The average molecular weight is 327 g/mol. The maximum absolute atomic E-state index is 13.6. The predicted octanol–water partition coefficient (Wildman–Crippen LogP) is 4.35. The molecule has 0 aliphatic carbocycles. The molecule has 0 unspecified atom stereocenters. The largest absolute Gasteiger partial charge is 0.491 e. The van der Waals surface area contributed by atoms with Crippen molar-refractivity contribution in [2.24, 2.45) is 0 Å². The minimum Gasteiger partial charge on any atom is -0.491 e. The third-order valence-electron chi connectivity index (χ3n) is 2.61. The highest BCUT2D eigenvalue weighted by Crippen LogP contribution is 2.25. The fourth-order valence-electron chi connectivity index (χ4n) is 1.61. The summed E-state index contributed by atoms with van der Waals surface area (Å²) >= 11 is 7.14. The maximum Gasteiger partial charge on any atom is 0.335 e. The van der Waals surface area contributed by atoms with E-state index in [4.69, 9.17) is 21.4 Å². The number of ether oxygens (including phenoxy) is 1. The number of carboxylic acid groups (broad SMARTS) is 1. The van der Waals surface area contributed by atoms with Crippen LogP contribution in [0.1, 0.15) is 10.4 Å². The lowest BCUT2D eigenvalue weighted by Gasteiger charge is -2.08. The number of benzene rings is 2. The molecular weight excluding hydrogens is 315 g/mol. The molecule has 0 aromatic heterocycles. The van der Waals surface area contributed by atoms with Crippen LogP contribution in [0.5, 0.6) is 5.75 Å². The molecule has 2 aromatic carbocycles. The smallest absolute Gasteiger partial charge is 0.335 e. The van der Waals surface area contributed by atoms with Crippen molar-refractivity contribution >= 4 is 29.3 Å². The van der Waals surface area contributed by atoms with Gasteiger partial charge in [0.1, 0.15) is 11.6 Å². The zero-order valence-electron chi connectivity index (χ0n) is 10.9. The molecule has 0 bridgehead atoms. The van der Waals surface area contributed by atoms with E-state index in [0.29, 0.717) is 23.1 Å². The van der Waals surface area contributed by atoms with Gasteiger partial charge >= 0.3 is 5.97 Å². The molecule has 0 fully saturated rings. The van der Waals surface area contributed by atoms with Gasteiger partial charge in [0.2, 0.25) is 0 Å². The zero-order valence-corrected chi connectivity index (χ0v) is 12.5. The number of hydrogen-bond acceptors (Lipinski definition) is 3. The molecular formula is C15H12ClFO3S. The third kappa shape index (κ3) is 4.37. The average Bonchev–Trinajstić information content (AvgIpc) is 2.46. The Morgan fingerprint density at radius 2 is 2.05 bits per heavy atom. The first kappa shape index (κ1) is 15.7. The quantitative estimate of drug-likeness (QED) is 0.633. The van der Waals surface area contributed by atoms with Crippen LogP contribution in [0.25, 0.3) is 0 Å². The molecule has 0 amide bonds. The number of thioether (sulfide) groups is 1. The zero-order chi connectivity index (χ0) is 15.2. The molecule has 110 valence electrons. The first-order valence-electron chi connectivity index (χ1n) is 6.11. The third-order valence-corrected chi connectivity index (χ3v) is 3.92. The van der Waals surface area contributed by atoms with E-state index < -0.39 is 11.8 Å². The Morgan fingerprint density at radius 1 is 1.29 bits per heavy atom. The minimum atomic E-state index is -1.08. The Morgan fingerprint density at radius 3 is 2.76 bits per heavy atom. The summed E-state index contributed by atoms with van der Waals surface area (Å²) < 4.78 is 19.1. The van der Waals surface area contributed by atoms with Crippen molar-refractivity contribution in [3.63, 3.8) is 0 Å². The number of halogens is 2. The highest BCUT2D eigenvalue weighted by atomic mass is 35.5. The molecule has 0 atom stereocenters. The van der Waals surface area contributed by atoms with Crippen LogP contribution in [-0.2, 0) is 0 Å². The van der Waals surface area contributed by atoms with Crippen molar-refractivity contribution < 1.29 is 19.0 Å². The normalized spacial score (nSPS) is 10.4. The number of carboxylic acids is 1. The van der Waals surface area contributed by atoms with Gasteiger partial charge in [0.15, 0.2) is 0 Å². The Bertz CT molecular complexity index is 649. The number of hydrogen-bond donors (Lipinski definition) is 1. The van der Waals surface area contributed by atoms with Gasteiger partial charge in [-0.25, -0.2) is 9.18 Å². The SMILES string of the molecule is O=C(O)c1ccc(F)c(SCCOc2ccccc2Cl)c1. The van der Waals surface area contributed by atoms with Crippen molar-refractivity contribution in [2.45, 2.75) is 4.90 Å².